The molecule has 0 aliphatic heterocycles. The van der Waals surface area contributed by atoms with Crippen LogP contribution in [0.4, 0.5) is 4.39 Å². The van der Waals surface area contributed by atoms with Gasteiger partial charge in [0, 0.05) is 18.0 Å². The van der Waals surface area contributed by atoms with Crippen molar-refractivity contribution in [3.63, 3.8) is 0 Å². The summed E-state index contributed by atoms with van der Waals surface area (Å²) in [6, 6.07) is 14.3. The van der Waals surface area contributed by atoms with Crippen LogP contribution in [-0.4, -0.2) is 22.7 Å². The predicted molar refractivity (Wildman–Crippen MR) is 122 cm³/mol. The lowest BCUT2D eigenvalue weighted by molar-refractivity contribution is 0.335. The van der Waals surface area contributed by atoms with Crippen LogP contribution in [0.2, 0.25) is 0 Å². The number of alkyl halides is 1. The molecule has 1 heterocycles. The average Bonchev–Trinajstić information content (AvgIpc) is 2.78. The van der Waals surface area contributed by atoms with Crippen LogP contribution in [-0.2, 0) is 0 Å². The normalized spacial score (nSPS) is 12.1. The molecule has 1 atom stereocenters. The molecule has 3 rings (SSSR count). The Kier molecular flexibility index (Phi) is 7.90. The number of unbranched alkanes of at least 4 members (excludes halogenated alkanes) is 1. The zero-order valence-electron chi connectivity index (χ0n) is 17.3. The Bertz CT molecular complexity index is 966. The van der Waals surface area contributed by atoms with Crippen LogP contribution in [0.5, 0.6) is 5.75 Å². The Morgan fingerprint density at radius 3 is 2.60 bits per heavy atom. The number of allylic oxidation sites excluding steroid dienone is 1. The maximum atomic E-state index is 13.0. The van der Waals surface area contributed by atoms with E-state index in [4.69, 9.17) is 4.74 Å². The van der Waals surface area contributed by atoms with Crippen molar-refractivity contribution in [1.82, 2.24) is 9.97 Å². The van der Waals surface area contributed by atoms with E-state index in [0.717, 1.165) is 46.5 Å². The maximum Gasteiger partial charge on any atom is 0.119 e. The third-order valence-electron chi connectivity index (χ3n) is 4.72. The molecule has 0 saturated heterocycles. The van der Waals surface area contributed by atoms with Crippen LogP contribution in [0, 0.1) is 0 Å². The van der Waals surface area contributed by atoms with Crippen molar-refractivity contribution in [2.75, 3.05) is 6.61 Å². The zero-order chi connectivity index (χ0) is 21.2. The lowest BCUT2D eigenvalue weighted by Crippen LogP contribution is -1.93. The summed E-state index contributed by atoms with van der Waals surface area (Å²) in [4.78, 5) is 8.60. The van der Waals surface area contributed by atoms with E-state index in [1.54, 1.807) is 31.6 Å². The Morgan fingerprint density at radius 2 is 1.90 bits per heavy atom. The number of halogens is 1. The molecule has 1 aromatic heterocycles. The molecule has 30 heavy (non-hydrogen) atoms. The number of nitrogens with zero attached hydrogens (tertiary/aromatic N) is 2. The van der Waals surface area contributed by atoms with Gasteiger partial charge in [0.1, 0.15) is 12.4 Å². The first-order chi connectivity index (χ1) is 14.7. The fourth-order valence-electron chi connectivity index (χ4n) is 3.17. The Hall–Kier alpha value is -3.27. The van der Waals surface area contributed by atoms with E-state index < -0.39 is 6.17 Å². The quantitative estimate of drug-likeness (QED) is 0.273. The molecular formula is C26H27FN2O. The standard InChI is InChI=1S/C26H27FN2O/c1-3-17-30-24-13-11-22(12-14-24)25-18-23(26-19-28-15-16-29-26)10-9-21(25)8-6-4-5-7-20(2)27/h3,6,8-16,18-20H,1,4-5,7,17H2,2H3. The topological polar surface area (TPSA) is 35.0 Å². The predicted octanol–water partition coefficient (Wildman–Crippen LogP) is 6.92. The molecule has 154 valence electrons. The molecule has 0 saturated carbocycles. The van der Waals surface area contributed by atoms with Gasteiger partial charge in [-0.1, -0.05) is 49.1 Å². The third kappa shape index (κ3) is 6.11. The van der Waals surface area contributed by atoms with Crippen molar-refractivity contribution in [1.29, 1.82) is 0 Å². The minimum Gasteiger partial charge on any atom is -0.490 e. The van der Waals surface area contributed by atoms with Crippen molar-refractivity contribution in [2.45, 2.75) is 32.4 Å². The number of benzene rings is 2. The molecule has 3 aromatic rings. The fraction of sp³-hybridized carbons (Fsp3) is 0.231. The smallest absolute Gasteiger partial charge is 0.119 e. The largest absolute Gasteiger partial charge is 0.490 e. The molecule has 3 nitrogen and oxygen atoms in total. The molecule has 0 spiro atoms. The van der Waals surface area contributed by atoms with Gasteiger partial charge in [-0.15, -0.1) is 0 Å². The van der Waals surface area contributed by atoms with E-state index in [0.29, 0.717) is 13.0 Å². The molecule has 0 amide bonds. The van der Waals surface area contributed by atoms with Crippen molar-refractivity contribution in [2.24, 2.45) is 0 Å². The average molecular weight is 403 g/mol. The molecular weight excluding hydrogens is 375 g/mol. The van der Waals surface area contributed by atoms with Gasteiger partial charge in [0.25, 0.3) is 0 Å². The van der Waals surface area contributed by atoms with E-state index in [-0.39, 0.29) is 0 Å². The molecule has 0 N–H and O–H groups in total. The van der Waals surface area contributed by atoms with Crippen molar-refractivity contribution < 1.29 is 9.13 Å². The summed E-state index contributed by atoms with van der Waals surface area (Å²) in [5.74, 6) is 0.807. The highest BCUT2D eigenvalue weighted by Crippen LogP contribution is 2.31. The number of hydrogen-bond acceptors (Lipinski definition) is 3. The Balaban J connectivity index is 1.90. The number of ether oxygens (including phenoxy) is 1. The van der Waals surface area contributed by atoms with Gasteiger partial charge in [0.15, 0.2) is 0 Å². The number of hydrogen-bond donors (Lipinski definition) is 0. The number of aromatic nitrogens is 2. The highest BCUT2D eigenvalue weighted by Gasteiger charge is 2.08. The molecule has 0 aliphatic carbocycles. The van der Waals surface area contributed by atoms with E-state index in [1.807, 2.05) is 12.1 Å². The summed E-state index contributed by atoms with van der Waals surface area (Å²) in [6.45, 7) is 5.76. The van der Waals surface area contributed by atoms with Crippen LogP contribution >= 0.6 is 0 Å². The molecule has 0 radical (unpaired) electrons. The highest BCUT2D eigenvalue weighted by atomic mass is 19.1. The monoisotopic (exact) mass is 402 g/mol. The van der Waals surface area contributed by atoms with Crippen molar-refractivity contribution in [3.05, 3.63) is 85.3 Å². The van der Waals surface area contributed by atoms with Gasteiger partial charge >= 0.3 is 0 Å². The van der Waals surface area contributed by atoms with Crippen LogP contribution < -0.4 is 4.74 Å². The SMILES string of the molecule is C=CCOc1ccc(-c2cc(-c3cnccn3)ccc2C=CCCCC(C)F)cc1. The van der Waals surface area contributed by atoms with E-state index in [1.165, 1.54) is 0 Å². The van der Waals surface area contributed by atoms with E-state index in [9.17, 15) is 4.39 Å². The Labute approximate surface area is 178 Å². The van der Waals surface area contributed by atoms with Crippen LogP contribution in [0.3, 0.4) is 0 Å². The van der Waals surface area contributed by atoms with Gasteiger partial charge in [-0.05, 0) is 61.1 Å². The summed E-state index contributed by atoms with van der Waals surface area (Å²) in [5.41, 5.74) is 5.13. The Morgan fingerprint density at radius 1 is 1.10 bits per heavy atom. The van der Waals surface area contributed by atoms with Gasteiger partial charge in [0.05, 0.1) is 18.1 Å². The van der Waals surface area contributed by atoms with Gasteiger partial charge in [0.2, 0.25) is 0 Å². The lowest BCUT2D eigenvalue weighted by Gasteiger charge is -2.11. The fourth-order valence-corrected chi connectivity index (χ4v) is 3.17. The first-order valence-electron chi connectivity index (χ1n) is 10.2. The highest BCUT2D eigenvalue weighted by molar-refractivity contribution is 5.80. The van der Waals surface area contributed by atoms with Gasteiger partial charge in [-0.25, -0.2) is 4.39 Å². The summed E-state index contributed by atoms with van der Waals surface area (Å²) in [6.07, 6.45) is 12.6. The number of rotatable bonds is 10. The molecule has 1 unspecified atom stereocenters. The molecule has 4 heteroatoms. The van der Waals surface area contributed by atoms with Crippen LogP contribution in [0.1, 0.15) is 31.7 Å². The second-order valence-electron chi connectivity index (χ2n) is 7.13. The van der Waals surface area contributed by atoms with E-state index in [2.05, 4.69) is 59.0 Å². The first-order valence-corrected chi connectivity index (χ1v) is 10.2. The minimum absolute atomic E-state index is 0.479. The summed E-state index contributed by atoms with van der Waals surface area (Å²) in [7, 11) is 0. The zero-order valence-corrected chi connectivity index (χ0v) is 17.3. The van der Waals surface area contributed by atoms with Crippen molar-refractivity contribution >= 4 is 6.08 Å². The third-order valence-corrected chi connectivity index (χ3v) is 4.72. The first kappa shape index (κ1) is 21.4. The molecule has 0 bridgehead atoms. The maximum absolute atomic E-state index is 13.0. The second-order valence-corrected chi connectivity index (χ2v) is 7.13. The van der Waals surface area contributed by atoms with E-state index >= 15 is 0 Å². The van der Waals surface area contributed by atoms with Gasteiger partial charge in [-0.2, -0.15) is 0 Å². The van der Waals surface area contributed by atoms with Gasteiger partial charge < -0.3 is 4.74 Å². The van der Waals surface area contributed by atoms with Crippen molar-refractivity contribution in [3.8, 4) is 28.1 Å². The summed E-state index contributed by atoms with van der Waals surface area (Å²) < 4.78 is 18.6. The summed E-state index contributed by atoms with van der Waals surface area (Å²) >= 11 is 0. The molecule has 2 aromatic carbocycles. The van der Waals surface area contributed by atoms with Crippen LogP contribution in [0.15, 0.2) is 79.8 Å². The second kappa shape index (κ2) is 11.1. The molecule has 0 fully saturated rings. The summed E-state index contributed by atoms with van der Waals surface area (Å²) in [5, 5.41) is 0. The molecule has 0 aliphatic rings. The van der Waals surface area contributed by atoms with Crippen LogP contribution in [0.25, 0.3) is 28.5 Å². The minimum atomic E-state index is -0.748. The lowest BCUT2D eigenvalue weighted by atomic mass is 9.95. The van der Waals surface area contributed by atoms with Gasteiger partial charge in [-0.3, -0.25) is 9.97 Å².